The van der Waals surface area contributed by atoms with E-state index in [1.54, 1.807) is 43.5 Å². The molecule has 0 bridgehead atoms. The maximum Gasteiger partial charge on any atom is 0.351 e. The second kappa shape index (κ2) is 24.5. The van der Waals surface area contributed by atoms with Crippen LogP contribution >= 0.6 is 23.4 Å². The molecule has 12 rings (SSSR count). The van der Waals surface area contributed by atoms with E-state index in [0.29, 0.717) is 33.9 Å². The fourth-order valence-corrected chi connectivity index (χ4v) is 12.3. The first-order valence-corrected chi connectivity index (χ1v) is 27.6. The number of aryl methyl sites for hydroxylation is 2. The molecule has 0 radical (unpaired) electrons. The number of fused-ring (bicyclic) bond motifs is 6. The average molecular weight is 1130 g/mol. The number of halogens is 1. The van der Waals surface area contributed by atoms with E-state index in [2.05, 4.69) is 65.3 Å². The third kappa shape index (κ3) is 11.8. The minimum Gasteiger partial charge on any atom is -0.502 e. The summed E-state index contributed by atoms with van der Waals surface area (Å²) >= 11 is 7.74. The third-order valence-corrected chi connectivity index (χ3v) is 16.4. The fourth-order valence-electron chi connectivity index (χ4n) is 11.2. The van der Waals surface area contributed by atoms with E-state index < -0.39 is 72.5 Å². The van der Waals surface area contributed by atoms with Crippen LogP contribution in [0.3, 0.4) is 0 Å². The summed E-state index contributed by atoms with van der Waals surface area (Å²) in [6.45, 7) is 3.98. The van der Waals surface area contributed by atoms with E-state index >= 15 is 0 Å². The number of rotatable bonds is 11. The number of carbonyl (C=O) groups is 1. The van der Waals surface area contributed by atoms with Crippen molar-refractivity contribution < 1.29 is 72.6 Å². The summed E-state index contributed by atoms with van der Waals surface area (Å²) in [7, 11) is 7.11. The van der Waals surface area contributed by atoms with Crippen molar-refractivity contribution in [3.8, 4) is 28.7 Å². The molecule has 1 aliphatic carbocycles. The maximum absolute atomic E-state index is 13.4. The number of thioether (sulfide) groups is 1. The molecule has 5 aromatic rings. The number of aromatic nitrogens is 2. The van der Waals surface area contributed by atoms with Crippen molar-refractivity contribution in [3.63, 3.8) is 0 Å². The van der Waals surface area contributed by atoms with E-state index in [0.717, 1.165) is 37.4 Å². The Morgan fingerprint density at radius 1 is 0.873 bits per heavy atom. The molecular formula is C56H66ClN5O16S. The van der Waals surface area contributed by atoms with E-state index in [-0.39, 0.29) is 61.3 Å². The highest BCUT2D eigenvalue weighted by Crippen LogP contribution is 2.57. The van der Waals surface area contributed by atoms with Gasteiger partial charge in [-0.25, -0.2) is 4.79 Å². The van der Waals surface area contributed by atoms with Gasteiger partial charge in [0.05, 0.1) is 46.1 Å². The minimum atomic E-state index is -1.44. The van der Waals surface area contributed by atoms with Crippen LogP contribution in [-0.4, -0.2) is 157 Å². The number of hydrogen-bond donors (Lipinski definition) is 5. The smallest absolute Gasteiger partial charge is 0.351 e. The standard InChI is InChI=1S/C29H32O13.C19H23ClN2.C8H11N3O3S/c1-11-36-9-20-27(40-11)24(31)25(32)29(41-20)42-26-14-7-17-16(38-10-39-17)6-13(14)21(22-15(26)8-37-28(22)33)12-4-18(34-2)23(30)19(5-12)35-3;1-21(2)12-5-13-22-18-7-4-3-6-15(18)8-9-16-10-11-17(20)14-19(16)22;9-5-1-2-11(8(13)10-5)6-4-15-7(3-12)14-6/h4-7,11,15,20-22,24-27,29-32H,8-10H2,1-3H3;3-4,6-7,10-11,14H,5,8-9,12-13H2,1-2H3;1-2,6-7,12H,3-4H2,(H2,9,10,13)/t11-,15+,20-,21-,22+,24-,25-,26-,27-,29+;;6-,7+/m1.1/s1. The Kier molecular flexibility index (Phi) is 17.5. The van der Waals surface area contributed by atoms with Gasteiger partial charge in [0.1, 0.15) is 41.9 Å². The Hall–Kier alpha value is -5.89. The Morgan fingerprint density at radius 3 is 2.29 bits per heavy atom. The van der Waals surface area contributed by atoms with Gasteiger partial charge in [-0.05, 0) is 123 Å². The molecule has 21 nitrogen and oxygen atoms in total. The van der Waals surface area contributed by atoms with Crippen molar-refractivity contribution in [2.75, 3.05) is 84.4 Å². The van der Waals surface area contributed by atoms with Crippen LogP contribution in [-0.2, 0) is 46.1 Å². The molecule has 0 unspecified atom stereocenters. The number of hydrogen-bond acceptors (Lipinski definition) is 21. The van der Waals surface area contributed by atoms with Gasteiger partial charge >= 0.3 is 11.7 Å². The number of anilines is 3. The lowest BCUT2D eigenvalue weighted by Crippen LogP contribution is -2.63. The molecule has 7 aliphatic rings. The van der Waals surface area contributed by atoms with Gasteiger partial charge in [0.15, 0.2) is 35.6 Å². The molecule has 6 N–H and O–H groups in total. The van der Waals surface area contributed by atoms with Gasteiger partial charge in [-0.2, -0.15) is 4.98 Å². The predicted octanol–water partition coefficient (Wildman–Crippen LogP) is 5.27. The molecule has 79 heavy (non-hydrogen) atoms. The third-order valence-electron chi connectivity index (χ3n) is 15.1. The first kappa shape index (κ1) is 56.4. The number of aromatic hydroxyl groups is 1. The summed E-state index contributed by atoms with van der Waals surface area (Å²) in [5.41, 5.74) is 12.1. The van der Waals surface area contributed by atoms with Crippen molar-refractivity contribution in [1.29, 1.82) is 0 Å². The van der Waals surface area contributed by atoms with Crippen LogP contribution in [0.5, 0.6) is 28.7 Å². The molecule has 424 valence electrons. The van der Waals surface area contributed by atoms with Crippen LogP contribution in [0.2, 0.25) is 5.02 Å². The SMILES string of the molecule is CN(C)CCCN1c2ccccc2CCc2ccc(Cl)cc21.COc1cc([C@@H]2c3cc4c(cc3[C@@H](O[C@@H]3O[C@@H]5CO[C@@H](C)O[C@H]5[C@H](O)[C@H]3O)[C@H]3COC(=O)[C@H]23)OCO4)cc(OC)c1O.Nc1ccn([C@H]2CS[C@@H](CO)O2)c(=O)n1. The molecule has 7 heterocycles. The molecule has 0 spiro atoms. The van der Waals surface area contributed by atoms with Crippen molar-refractivity contribution in [2.45, 2.75) is 86.9 Å². The van der Waals surface area contributed by atoms with Crippen LogP contribution in [0.4, 0.5) is 17.2 Å². The summed E-state index contributed by atoms with van der Waals surface area (Å²) in [4.78, 5) is 33.1. The van der Waals surface area contributed by atoms with Gasteiger partial charge in [0.25, 0.3) is 0 Å². The number of cyclic esters (lactones) is 1. The van der Waals surface area contributed by atoms with Crippen molar-refractivity contribution >= 4 is 46.5 Å². The summed E-state index contributed by atoms with van der Waals surface area (Å²) in [6, 6.07) is 23.5. The number of carbonyl (C=O) groups excluding carboxylic acids is 1. The molecule has 23 heteroatoms. The van der Waals surface area contributed by atoms with Gasteiger partial charge < -0.3 is 83.3 Å². The number of methoxy groups -OCH3 is 2. The van der Waals surface area contributed by atoms with Crippen LogP contribution < -0.4 is 35.3 Å². The first-order valence-electron chi connectivity index (χ1n) is 26.1. The molecule has 12 atom stereocenters. The highest BCUT2D eigenvalue weighted by atomic mass is 35.5. The highest BCUT2D eigenvalue weighted by Gasteiger charge is 2.56. The van der Waals surface area contributed by atoms with Gasteiger partial charge in [-0.15, -0.1) is 11.8 Å². The number of aliphatic hydroxyl groups is 3. The van der Waals surface area contributed by atoms with Crippen LogP contribution in [0.15, 0.2) is 83.8 Å². The highest BCUT2D eigenvalue weighted by molar-refractivity contribution is 8.00. The number of ether oxygens (including phenoxy) is 10. The topological polar surface area (TPSA) is 258 Å². The van der Waals surface area contributed by atoms with Gasteiger partial charge in [0.2, 0.25) is 12.5 Å². The Bertz CT molecular complexity index is 3020. The zero-order valence-corrected chi connectivity index (χ0v) is 45.9. The van der Waals surface area contributed by atoms with Gasteiger partial charge in [-0.3, -0.25) is 9.36 Å². The number of phenols is 1. The van der Waals surface area contributed by atoms with Crippen molar-refractivity contribution in [2.24, 2.45) is 11.8 Å². The number of aliphatic hydroxyl groups excluding tert-OH is 3. The van der Waals surface area contributed by atoms with Gasteiger partial charge in [-0.1, -0.05) is 35.9 Å². The van der Waals surface area contributed by atoms with Crippen molar-refractivity contribution in [3.05, 3.63) is 122 Å². The summed E-state index contributed by atoms with van der Waals surface area (Å²) in [5.74, 6) is -0.208. The number of phenolic OH excluding ortho intramolecular Hbond substituents is 1. The number of nitrogens with two attached hydrogens (primary N) is 1. The Morgan fingerprint density at radius 2 is 1.59 bits per heavy atom. The predicted molar refractivity (Wildman–Crippen MR) is 290 cm³/mol. The fraction of sp³-hybridized carbons (Fsp3) is 0.482. The summed E-state index contributed by atoms with van der Waals surface area (Å²) < 4.78 is 58.3. The largest absolute Gasteiger partial charge is 0.502 e. The molecule has 6 aliphatic heterocycles. The molecular weight excluding hydrogens is 1070 g/mol. The lowest BCUT2D eigenvalue weighted by Gasteiger charge is -2.47. The monoisotopic (exact) mass is 1130 g/mol. The molecule has 0 saturated carbocycles. The second-order valence-corrected chi connectivity index (χ2v) is 21.9. The Balaban J connectivity index is 0.000000157. The molecule has 4 aromatic carbocycles. The van der Waals surface area contributed by atoms with E-state index in [1.807, 2.05) is 6.07 Å². The lowest BCUT2D eigenvalue weighted by molar-refractivity contribution is -0.364. The molecule has 1 aromatic heterocycles. The second-order valence-electron chi connectivity index (χ2n) is 20.3. The number of nitrogens with zero attached hydrogens (tertiary/aromatic N) is 4. The normalized spacial score (nSPS) is 28.1. The maximum atomic E-state index is 13.4. The number of nitrogen functional groups attached to an aromatic ring is 1. The molecule has 4 fully saturated rings. The lowest BCUT2D eigenvalue weighted by atomic mass is 9.66. The summed E-state index contributed by atoms with van der Waals surface area (Å²) in [6.07, 6.45) is -2.31. The van der Waals surface area contributed by atoms with E-state index in [1.165, 1.54) is 53.1 Å². The first-order chi connectivity index (χ1) is 38.1. The number of benzene rings is 4. The van der Waals surface area contributed by atoms with Gasteiger partial charge in [0, 0.05) is 46.7 Å². The number of para-hydroxylation sites is 1. The van der Waals surface area contributed by atoms with Crippen LogP contribution in [0.25, 0.3) is 0 Å². The zero-order chi connectivity index (χ0) is 55.6. The molecule has 4 saturated heterocycles. The van der Waals surface area contributed by atoms with Crippen LogP contribution in [0, 0.1) is 11.8 Å². The minimum absolute atomic E-state index is 0.0301. The molecule has 0 amide bonds. The number of esters is 1. The quantitative estimate of drug-likeness (QED) is 0.106. The Labute approximate surface area is 465 Å². The zero-order valence-electron chi connectivity index (χ0n) is 44.3. The average Bonchev–Trinajstić information content (AvgIpc) is 4.39. The summed E-state index contributed by atoms with van der Waals surface area (Å²) in [5, 5.41) is 42.2. The van der Waals surface area contributed by atoms with E-state index in [4.69, 9.17) is 69.8 Å². The van der Waals surface area contributed by atoms with E-state index in [9.17, 15) is 24.9 Å². The van der Waals surface area contributed by atoms with Crippen molar-refractivity contribution in [1.82, 2.24) is 14.5 Å². The van der Waals surface area contributed by atoms with Crippen LogP contribution in [0.1, 0.15) is 59.4 Å².